The van der Waals surface area contributed by atoms with Crippen LogP contribution in [-0.4, -0.2) is 34.0 Å². The number of hydrogen-bond acceptors (Lipinski definition) is 7. The van der Waals surface area contributed by atoms with E-state index in [-0.39, 0.29) is 24.3 Å². The van der Waals surface area contributed by atoms with E-state index < -0.39 is 24.0 Å². The lowest BCUT2D eigenvalue weighted by atomic mass is 9.97. The van der Waals surface area contributed by atoms with Gasteiger partial charge >= 0.3 is 12.0 Å². The zero-order valence-electron chi connectivity index (χ0n) is 16.4. The Bertz CT molecular complexity index is 1010. The van der Waals surface area contributed by atoms with Crippen LogP contribution in [0.5, 0.6) is 0 Å². The fourth-order valence-electron chi connectivity index (χ4n) is 3.43. The van der Waals surface area contributed by atoms with Crippen LogP contribution in [0.1, 0.15) is 49.4 Å². The first-order chi connectivity index (χ1) is 13.8. The van der Waals surface area contributed by atoms with Crippen molar-refractivity contribution < 1.29 is 19.1 Å². The summed E-state index contributed by atoms with van der Waals surface area (Å²) in [6.07, 6.45) is 3.05. The second-order valence-corrected chi connectivity index (χ2v) is 8.50. The van der Waals surface area contributed by atoms with E-state index in [2.05, 4.69) is 9.97 Å². The Morgan fingerprint density at radius 1 is 1.28 bits per heavy atom. The molecule has 10 heteroatoms. The minimum atomic E-state index is -1.13. The van der Waals surface area contributed by atoms with Crippen LogP contribution < -0.4 is 16.6 Å². The van der Waals surface area contributed by atoms with Crippen molar-refractivity contribution in [3.8, 4) is 0 Å². The lowest BCUT2D eigenvalue weighted by molar-refractivity contribution is -0.158. The molecule has 29 heavy (non-hydrogen) atoms. The molecule has 3 rings (SSSR count). The number of rotatable bonds is 6. The van der Waals surface area contributed by atoms with Gasteiger partial charge in [0.2, 0.25) is 0 Å². The second kappa shape index (κ2) is 8.73. The molecule has 1 aliphatic rings. The van der Waals surface area contributed by atoms with Gasteiger partial charge in [0, 0.05) is 11.3 Å². The normalized spacial score (nSPS) is 14.4. The number of ether oxygens (including phenoxy) is 1. The second-order valence-electron chi connectivity index (χ2n) is 7.41. The van der Waals surface area contributed by atoms with E-state index in [0.717, 1.165) is 31.2 Å². The summed E-state index contributed by atoms with van der Waals surface area (Å²) in [6.45, 7) is 3.37. The molecule has 4 N–H and O–H groups in total. The lowest BCUT2D eigenvalue weighted by Gasteiger charge is -2.19. The summed E-state index contributed by atoms with van der Waals surface area (Å²) in [7, 11) is 0. The Balaban J connectivity index is 1.68. The zero-order valence-corrected chi connectivity index (χ0v) is 17.2. The van der Waals surface area contributed by atoms with Gasteiger partial charge in [0.15, 0.2) is 6.10 Å². The van der Waals surface area contributed by atoms with Crippen LogP contribution in [0, 0.1) is 5.92 Å². The molecule has 156 valence electrons. The quantitative estimate of drug-likeness (QED) is 0.605. The number of esters is 1. The minimum absolute atomic E-state index is 0.0629. The number of imide groups is 1. The van der Waals surface area contributed by atoms with Crippen molar-refractivity contribution in [3.63, 3.8) is 0 Å². The van der Waals surface area contributed by atoms with Gasteiger partial charge in [-0.1, -0.05) is 13.8 Å². The van der Waals surface area contributed by atoms with Gasteiger partial charge in [-0.15, -0.1) is 11.3 Å². The molecule has 1 aliphatic carbocycles. The van der Waals surface area contributed by atoms with Crippen molar-refractivity contribution >= 4 is 39.5 Å². The third kappa shape index (κ3) is 4.81. The Hall–Kier alpha value is -2.75. The van der Waals surface area contributed by atoms with Gasteiger partial charge in [-0.3, -0.25) is 19.7 Å². The summed E-state index contributed by atoms with van der Waals surface area (Å²) < 4.78 is 5.20. The van der Waals surface area contributed by atoms with E-state index in [1.807, 2.05) is 5.32 Å². The fraction of sp³-hybridized carbons (Fsp3) is 0.526. The molecule has 9 nitrogen and oxygen atoms in total. The van der Waals surface area contributed by atoms with Gasteiger partial charge in [-0.2, -0.15) is 0 Å². The molecule has 2 aromatic heterocycles. The van der Waals surface area contributed by atoms with Crippen molar-refractivity contribution in [2.24, 2.45) is 11.7 Å². The number of aromatic nitrogens is 2. The van der Waals surface area contributed by atoms with E-state index in [1.165, 1.54) is 4.88 Å². The van der Waals surface area contributed by atoms with Gasteiger partial charge in [0.05, 0.1) is 11.8 Å². The Morgan fingerprint density at radius 2 is 2.00 bits per heavy atom. The minimum Gasteiger partial charge on any atom is -0.452 e. The molecule has 0 spiro atoms. The molecular formula is C19H24N4O5S. The lowest BCUT2D eigenvalue weighted by Crippen LogP contribution is -2.45. The van der Waals surface area contributed by atoms with E-state index >= 15 is 0 Å². The summed E-state index contributed by atoms with van der Waals surface area (Å²) in [4.78, 5) is 56.7. The van der Waals surface area contributed by atoms with Crippen molar-refractivity contribution in [2.45, 2.75) is 58.5 Å². The molecule has 0 bridgehead atoms. The van der Waals surface area contributed by atoms with Crippen LogP contribution in [-0.2, 0) is 33.6 Å². The number of thiophene rings is 1. The molecule has 2 aromatic rings. The maximum atomic E-state index is 12.5. The van der Waals surface area contributed by atoms with Crippen LogP contribution in [0.25, 0.3) is 10.2 Å². The number of primary amides is 1. The maximum absolute atomic E-state index is 12.5. The van der Waals surface area contributed by atoms with Crippen molar-refractivity contribution in [1.82, 2.24) is 15.3 Å². The fourth-order valence-corrected chi connectivity index (χ4v) is 4.71. The third-order valence-electron chi connectivity index (χ3n) is 4.81. The average Bonchev–Trinajstić information content (AvgIpc) is 3.02. The van der Waals surface area contributed by atoms with Gasteiger partial charge < -0.3 is 15.5 Å². The summed E-state index contributed by atoms with van der Waals surface area (Å²) in [5.74, 6) is -1.33. The first-order valence-electron chi connectivity index (χ1n) is 9.59. The van der Waals surface area contributed by atoms with Gasteiger partial charge in [0.25, 0.3) is 11.5 Å². The number of H-pyrrole nitrogens is 1. The van der Waals surface area contributed by atoms with Crippen molar-refractivity contribution in [3.05, 3.63) is 26.6 Å². The monoisotopic (exact) mass is 420 g/mol. The summed E-state index contributed by atoms with van der Waals surface area (Å²) in [5.41, 5.74) is 5.87. The Morgan fingerprint density at radius 3 is 2.69 bits per heavy atom. The first-order valence-corrected chi connectivity index (χ1v) is 10.4. The van der Waals surface area contributed by atoms with Crippen LogP contribution in [0.3, 0.4) is 0 Å². The number of aromatic amines is 1. The predicted octanol–water partition coefficient (Wildman–Crippen LogP) is 1.56. The summed E-state index contributed by atoms with van der Waals surface area (Å²) in [6, 6.07) is -1.01. The average molecular weight is 420 g/mol. The number of carbonyl (C=O) groups is 3. The number of aryl methyl sites for hydroxylation is 3. The molecule has 3 amide bonds. The van der Waals surface area contributed by atoms with Crippen LogP contribution >= 0.6 is 11.3 Å². The van der Waals surface area contributed by atoms with Crippen LogP contribution in [0.15, 0.2) is 4.79 Å². The number of fused-ring (bicyclic) bond motifs is 3. The number of amides is 3. The number of hydrogen-bond donors (Lipinski definition) is 3. The molecular weight excluding hydrogens is 396 g/mol. The molecule has 0 fully saturated rings. The third-order valence-corrected chi connectivity index (χ3v) is 5.99. The van der Waals surface area contributed by atoms with E-state index in [1.54, 1.807) is 25.2 Å². The highest BCUT2D eigenvalue weighted by Crippen LogP contribution is 2.33. The van der Waals surface area contributed by atoms with Crippen LogP contribution in [0.4, 0.5) is 4.79 Å². The number of nitrogens with one attached hydrogen (secondary N) is 2. The number of carbonyl (C=O) groups excluding carboxylic acids is 3. The van der Waals surface area contributed by atoms with E-state index in [9.17, 15) is 19.2 Å². The molecule has 0 aliphatic heterocycles. The number of nitrogens with two attached hydrogens (primary N) is 1. The van der Waals surface area contributed by atoms with Crippen molar-refractivity contribution in [2.75, 3.05) is 0 Å². The molecule has 0 saturated heterocycles. The number of urea groups is 1. The molecule has 1 atom stereocenters. The highest BCUT2D eigenvalue weighted by atomic mass is 32.1. The molecule has 0 unspecified atom stereocenters. The summed E-state index contributed by atoms with van der Waals surface area (Å²) >= 11 is 1.54. The van der Waals surface area contributed by atoms with Gasteiger partial charge in [-0.25, -0.2) is 9.78 Å². The van der Waals surface area contributed by atoms with E-state index in [0.29, 0.717) is 16.0 Å². The zero-order chi connectivity index (χ0) is 21.1. The Kier molecular flexibility index (Phi) is 6.31. The highest BCUT2D eigenvalue weighted by Gasteiger charge is 2.27. The standard InChI is InChI=1S/C19H24N4O5S/c1-9(2)15(17(26)23-19(20)27)28-13(24)8-7-12-21-16(25)14-10-5-3-4-6-11(10)29-18(14)22-12/h9,15H,3-8H2,1-2H3,(H,21,22,25)(H3,20,23,26,27)/t15-/m1/s1. The van der Waals surface area contributed by atoms with Gasteiger partial charge in [-0.05, 0) is 37.2 Å². The SMILES string of the molecule is CC(C)[C@@H](OC(=O)CCc1nc2sc3c(c2c(=O)[nH]1)CCCC3)C(=O)NC(N)=O. The largest absolute Gasteiger partial charge is 0.452 e. The predicted molar refractivity (Wildman–Crippen MR) is 108 cm³/mol. The molecule has 2 heterocycles. The maximum Gasteiger partial charge on any atom is 0.318 e. The first kappa shape index (κ1) is 21.0. The van der Waals surface area contributed by atoms with Gasteiger partial charge in [0.1, 0.15) is 10.7 Å². The topological polar surface area (TPSA) is 144 Å². The molecule has 0 saturated carbocycles. The molecule has 0 radical (unpaired) electrons. The molecule has 0 aromatic carbocycles. The number of nitrogens with zero attached hydrogens (tertiary/aromatic N) is 1. The smallest absolute Gasteiger partial charge is 0.318 e. The summed E-state index contributed by atoms with van der Waals surface area (Å²) in [5, 5.41) is 2.58. The van der Waals surface area contributed by atoms with Crippen molar-refractivity contribution in [1.29, 1.82) is 0 Å². The Labute approximate surface area is 171 Å². The van der Waals surface area contributed by atoms with Crippen LogP contribution in [0.2, 0.25) is 0 Å². The van der Waals surface area contributed by atoms with E-state index in [4.69, 9.17) is 10.5 Å². The highest BCUT2D eigenvalue weighted by molar-refractivity contribution is 7.18.